The molecule has 2 aromatic carbocycles. The largest absolute Gasteiger partial charge is 0.508 e. The van der Waals surface area contributed by atoms with Crippen molar-refractivity contribution < 1.29 is 18.3 Å². The van der Waals surface area contributed by atoms with E-state index in [0.29, 0.717) is 5.56 Å². The molecule has 0 aromatic heterocycles. The van der Waals surface area contributed by atoms with Gasteiger partial charge < -0.3 is 5.11 Å². The smallest absolute Gasteiger partial charge is 0.254 e. The standard InChI is InChI=1S/C18H19N3O4S/c1-2-21(13-19)18(23)17(12-14-8-10-15(22)11-9-14)20-26(24,25)16-6-4-3-5-7-16/h3-11,17,20,22H,2,12H2,1H3. The Labute approximate surface area is 152 Å². The van der Waals surface area contributed by atoms with Gasteiger partial charge in [-0.3, -0.25) is 4.79 Å². The number of nitrogens with one attached hydrogen (secondary N) is 1. The first-order valence-corrected chi connectivity index (χ1v) is 9.42. The van der Waals surface area contributed by atoms with Crippen LogP contribution in [0.5, 0.6) is 5.75 Å². The van der Waals surface area contributed by atoms with E-state index in [1.54, 1.807) is 43.4 Å². The monoisotopic (exact) mass is 373 g/mol. The number of rotatable bonds is 7. The summed E-state index contributed by atoms with van der Waals surface area (Å²) in [5.41, 5.74) is 0.644. The van der Waals surface area contributed by atoms with E-state index >= 15 is 0 Å². The molecule has 0 aliphatic carbocycles. The van der Waals surface area contributed by atoms with E-state index in [2.05, 4.69) is 4.72 Å². The lowest BCUT2D eigenvalue weighted by atomic mass is 10.1. The number of carbonyl (C=O) groups is 1. The molecule has 0 aliphatic heterocycles. The van der Waals surface area contributed by atoms with Gasteiger partial charge >= 0.3 is 0 Å². The summed E-state index contributed by atoms with van der Waals surface area (Å²) in [6.45, 7) is 1.76. The molecular formula is C18H19N3O4S. The van der Waals surface area contributed by atoms with Crippen LogP contribution >= 0.6 is 0 Å². The summed E-state index contributed by atoms with van der Waals surface area (Å²) in [5.74, 6) is -0.573. The number of sulfonamides is 1. The first-order chi connectivity index (χ1) is 12.4. The van der Waals surface area contributed by atoms with Gasteiger partial charge in [-0.05, 0) is 43.2 Å². The fourth-order valence-electron chi connectivity index (χ4n) is 2.37. The molecule has 8 heteroatoms. The second-order valence-electron chi connectivity index (χ2n) is 5.54. The zero-order valence-electron chi connectivity index (χ0n) is 14.2. The number of phenolic OH excluding ortho intramolecular Hbond substituents is 1. The van der Waals surface area contributed by atoms with Crippen molar-refractivity contribution in [1.82, 2.24) is 9.62 Å². The second-order valence-corrected chi connectivity index (χ2v) is 7.25. The Morgan fingerprint density at radius 2 is 1.81 bits per heavy atom. The number of nitriles is 1. The number of hydrogen-bond acceptors (Lipinski definition) is 5. The minimum absolute atomic E-state index is 0.0310. The van der Waals surface area contributed by atoms with Gasteiger partial charge in [0.15, 0.2) is 6.19 Å². The van der Waals surface area contributed by atoms with E-state index in [1.807, 2.05) is 0 Å². The Morgan fingerprint density at radius 1 is 1.19 bits per heavy atom. The summed E-state index contributed by atoms with van der Waals surface area (Å²) < 4.78 is 27.6. The molecule has 2 aromatic rings. The highest BCUT2D eigenvalue weighted by atomic mass is 32.2. The summed E-state index contributed by atoms with van der Waals surface area (Å²) in [5, 5.41) is 18.5. The number of likely N-dealkylation sites (N-methyl/N-ethyl adjacent to an activating group) is 1. The van der Waals surface area contributed by atoms with E-state index in [-0.39, 0.29) is 23.6 Å². The molecule has 0 heterocycles. The Balaban J connectivity index is 2.32. The normalized spacial score (nSPS) is 12.2. The number of aromatic hydroxyl groups is 1. The quantitative estimate of drug-likeness (QED) is 0.566. The van der Waals surface area contributed by atoms with Crippen molar-refractivity contribution >= 4 is 15.9 Å². The van der Waals surface area contributed by atoms with Crippen LogP contribution < -0.4 is 4.72 Å². The molecule has 1 unspecified atom stereocenters. The minimum atomic E-state index is -3.94. The lowest BCUT2D eigenvalue weighted by Gasteiger charge is -2.21. The second kappa shape index (κ2) is 8.47. The Morgan fingerprint density at radius 3 is 2.35 bits per heavy atom. The van der Waals surface area contributed by atoms with Crippen molar-refractivity contribution in [2.24, 2.45) is 0 Å². The van der Waals surface area contributed by atoms with E-state index < -0.39 is 22.0 Å². The van der Waals surface area contributed by atoms with Gasteiger partial charge in [0.1, 0.15) is 11.8 Å². The van der Waals surface area contributed by atoms with Gasteiger partial charge in [-0.25, -0.2) is 13.3 Å². The Hall–Kier alpha value is -2.89. The maximum Gasteiger partial charge on any atom is 0.254 e. The molecule has 136 valence electrons. The van der Waals surface area contributed by atoms with Gasteiger partial charge in [0.25, 0.3) is 5.91 Å². The minimum Gasteiger partial charge on any atom is -0.508 e. The predicted octanol–water partition coefficient (Wildman–Crippen LogP) is 1.61. The summed E-state index contributed by atoms with van der Waals surface area (Å²) >= 11 is 0. The van der Waals surface area contributed by atoms with E-state index in [1.165, 1.54) is 24.3 Å². The fourth-order valence-corrected chi connectivity index (χ4v) is 3.58. The van der Waals surface area contributed by atoms with E-state index in [0.717, 1.165) is 4.90 Å². The lowest BCUT2D eigenvalue weighted by molar-refractivity contribution is -0.129. The van der Waals surface area contributed by atoms with E-state index in [4.69, 9.17) is 5.26 Å². The van der Waals surface area contributed by atoms with Gasteiger partial charge in [-0.1, -0.05) is 30.3 Å². The highest BCUT2D eigenvalue weighted by molar-refractivity contribution is 7.89. The molecule has 0 radical (unpaired) electrons. The number of carbonyl (C=O) groups excluding carboxylic acids is 1. The molecule has 0 spiro atoms. The van der Waals surface area contributed by atoms with Crippen molar-refractivity contribution in [3.05, 3.63) is 60.2 Å². The average molecular weight is 373 g/mol. The fraction of sp³-hybridized carbons (Fsp3) is 0.222. The number of benzene rings is 2. The number of nitrogens with zero attached hydrogens (tertiary/aromatic N) is 2. The molecule has 0 fully saturated rings. The summed E-state index contributed by atoms with van der Waals surface area (Å²) in [6.07, 6.45) is 1.81. The molecule has 0 saturated heterocycles. The zero-order valence-corrected chi connectivity index (χ0v) is 15.0. The van der Waals surface area contributed by atoms with Gasteiger partial charge in [0, 0.05) is 6.54 Å². The zero-order chi connectivity index (χ0) is 19.2. The van der Waals surface area contributed by atoms with Gasteiger partial charge in [-0.15, -0.1) is 0 Å². The molecule has 0 saturated carbocycles. The molecule has 0 aliphatic rings. The van der Waals surface area contributed by atoms with Crippen LogP contribution in [0.15, 0.2) is 59.5 Å². The Kier molecular flexibility index (Phi) is 6.33. The molecular weight excluding hydrogens is 354 g/mol. The lowest BCUT2D eigenvalue weighted by Crippen LogP contribution is -2.48. The third kappa shape index (κ3) is 4.81. The van der Waals surface area contributed by atoms with Crippen molar-refractivity contribution in [2.45, 2.75) is 24.3 Å². The molecule has 2 rings (SSSR count). The van der Waals surface area contributed by atoms with Crippen LogP contribution in [-0.4, -0.2) is 36.9 Å². The predicted molar refractivity (Wildman–Crippen MR) is 95.4 cm³/mol. The van der Waals surface area contributed by atoms with E-state index in [9.17, 15) is 18.3 Å². The number of phenols is 1. The van der Waals surface area contributed by atoms with Crippen LogP contribution in [-0.2, 0) is 21.2 Å². The SMILES string of the molecule is CCN(C#N)C(=O)C(Cc1ccc(O)cc1)NS(=O)(=O)c1ccccc1. The molecule has 0 bridgehead atoms. The highest BCUT2D eigenvalue weighted by Gasteiger charge is 2.29. The Bertz CT molecular complexity index is 890. The van der Waals surface area contributed by atoms with Crippen LogP contribution in [0.1, 0.15) is 12.5 Å². The van der Waals surface area contributed by atoms with Crippen molar-refractivity contribution in [1.29, 1.82) is 5.26 Å². The van der Waals surface area contributed by atoms with Crippen molar-refractivity contribution in [3.63, 3.8) is 0 Å². The number of hydrogen-bond donors (Lipinski definition) is 2. The van der Waals surface area contributed by atoms with Crippen LogP contribution in [0.25, 0.3) is 0 Å². The number of amides is 1. The van der Waals surface area contributed by atoms with Crippen molar-refractivity contribution in [3.8, 4) is 11.9 Å². The summed E-state index contributed by atoms with van der Waals surface area (Å²) in [4.78, 5) is 13.5. The maximum atomic E-state index is 12.6. The van der Waals surface area contributed by atoms with Crippen LogP contribution in [0, 0.1) is 11.5 Å². The average Bonchev–Trinajstić information content (AvgIpc) is 2.64. The molecule has 2 N–H and O–H groups in total. The molecule has 7 nitrogen and oxygen atoms in total. The topological polar surface area (TPSA) is 110 Å². The third-order valence-corrected chi connectivity index (χ3v) is 5.22. The first-order valence-electron chi connectivity index (χ1n) is 7.93. The van der Waals surface area contributed by atoms with Crippen LogP contribution in [0.3, 0.4) is 0 Å². The molecule has 1 atom stereocenters. The first kappa shape index (κ1) is 19.4. The summed E-state index contributed by atoms with van der Waals surface area (Å²) in [7, 11) is -3.94. The van der Waals surface area contributed by atoms with Gasteiger partial charge in [-0.2, -0.15) is 9.98 Å². The van der Waals surface area contributed by atoms with Gasteiger partial charge in [0.05, 0.1) is 4.90 Å². The van der Waals surface area contributed by atoms with Crippen LogP contribution in [0.4, 0.5) is 0 Å². The van der Waals surface area contributed by atoms with Crippen LogP contribution in [0.2, 0.25) is 0 Å². The van der Waals surface area contributed by atoms with Gasteiger partial charge in [0.2, 0.25) is 10.0 Å². The maximum absolute atomic E-state index is 12.6. The molecule has 1 amide bonds. The highest BCUT2D eigenvalue weighted by Crippen LogP contribution is 2.15. The third-order valence-electron chi connectivity index (χ3n) is 3.73. The summed E-state index contributed by atoms with van der Waals surface area (Å²) in [6, 6.07) is 12.6. The van der Waals surface area contributed by atoms with Crippen molar-refractivity contribution in [2.75, 3.05) is 6.54 Å². The molecule has 26 heavy (non-hydrogen) atoms.